The van der Waals surface area contributed by atoms with Crippen molar-refractivity contribution >= 4 is 11.9 Å². The summed E-state index contributed by atoms with van der Waals surface area (Å²) < 4.78 is 14.9. The first-order valence-corrected chi connectivity index (χ1v) is 6.11. The first-order chi connectivity index (χ1) is 9.13. The zero-order valence-corrected chi connectivity index (χ0v) is 11.3. The highest BCUT2D eigenvalue weighted by Gasteiger charge is 2.31. The van der Waals surface area contributed by atoms with Gasteiger partial charge in [0.15, 0.2) is 5.92 Å². The van der Waals surface area contributed by atoms with Gasteiger partial charge in [-0.1, -0.05) is 12.1 Å². The number of rotatable bonds is 6. The molecule has 0 saturated heterocycles. The Balaban J connectivity index is 3.00. The number of hydrogen-bond donors (Lipinski definition) is 0. The minimum absolute atomic E-state index is 0.213. The summed E-state index contributed by atoms with van der Waals surface area (Å²) >= 11 is 0. The van der Waals surface area contributed by atoms with Crippen molar-refractivity contribution in [1.29, 1.82) is 0 Å². The summed E-state index contributed by atoms with van der Waals surface area (Å²) in [7, 11) is 1.54. The van der Waals surface area contributed by atoms with Gasteiger partial charge >= 0.3 is 11.9 Å². The van der Waals surface area contributed by atoms with Gasteiger partial charge in [0, 0.05) is 0 Å². The Labute approximate surface area is 112 Å². The molecule has 0 heterocycles. The third-order valence-corrected chi connectivity index (χ3v) is 2.49. The first-order valence-electron chi connectivity index (χ1n) is 6.11. The van der Waals surface area contributed by atoms with Crippen LogP contribution in [0.4, 0.5) is 0 Å². The van der Waals surface area contributed by atoms with Gasteiger partial charge in [0.2, 0.25) is 0 Å². The van der Waals surface area contributed by atoms with Crippen molar-refractivity contribution in [3.8, 4) is 5.75 Å². The zero-order valence-electron chi connectivity index (χ0n) is 11.3. The van der Waals surface area contributed by atoms with Crippen molar-refractivity contribution in [2.24, 2.45) is 0 Å². The molecule has 5 nitrogen and oxygen atoms in total. The highest BCUT2D eigenvalue weighted by atomic mass is 16.6. The van der Waals surface area contributed by atoms with E-state index in [1.165, 1.54) is 0 Å². The maximum atomic E-state index is 11.9. The molecule has 0 atom stereocenters. The second kappa shape index (κ2) is 7.41. The molecule has 0 amide bonds. The second-order valence-corrected chi connectivity index (χ2v) is 3.71. The molecule has 1 rings (SSSR count). The predicted molar refractivity (Wildman–Crippen MR) is 69.0 cm³/mol. The summed E-state index contributed by atoms with van der Waals surface area (Å²) in [5, 5.41) is 0. The molecule has 0 radical (unpaired) electrons. The molecule has 0 aliphatic carbocycles. The van der Waals surface area contributed by atoms with Crippen LogP contribution in [0.15, 0.2) is 24.3 Å². The fourth-order valence-electron chi connectivity index (χ4n) is 1.62. The normalized spacial score (nSPS) is 10.1. The minimum atomic E-state index is -1.05. The van der Waals surface area contributed by atoms with E-state index in [0.29, 0.717) is 11.3 Å². The smallest absolute Gasteiger partial charge is 0.324 e. The number of esters is 2. The molecule has 5 heteroatoms. The molecule has 0 fully saturated rings. The van der Waals surface area contributed by atoms with Gasteiger partial charge < -0.3 is 14.2 Å². The maximum absolute atomic E-state index is 11.9. The molecular formula is C14H18O5. The summed E-state index contributed by atoms with van der Waals surface area (Å²) in [6.07, 6.45) is 0. The van der Waals surface area contributed by atoms with Gasteiger partial charge in [-0.25, -0.2) is 0 Å². The highest BCUT2D eigenvalue weighted by molar-refractivity contribution is 6.00. The number of hydrogen-bond acceptors (Lipinski definition) is 5. The van der Waals surface area contributed by atoms with Crippen molar-refractivity contribution in [1.82, 2.24) is 0 Å². The number of carbonyl (C=O) groups is 2. The molecule has 0 aliphatic rings. The van der Waals surface area contributed by atoms with Crippen LogP contribution in [0.3, 0.4) is 0 Å². The van der Waals surface area contributed by atoms with Gasteiger partial charge in [-0.15, -0.1) is 0 Å². The third kappa shape index (κ3) is 3.98. The van der Waals surface area contributed by atoms with E-state index in [1.54, 1.807) is 45.2 Å². The van der Waals surface area contributed by atoms with Crippen LogP contribution in [0.5, 0.6) is 5.75 Å². The largest absolute Gasteiger partial charge is 0.497 e. The molecule has 0 aliphatic heterocycles. The first kappa shape index (κ1) is 15.0. The Morgan fingerprint density at radius 1 is 1.00 bits per heavy atom. The van der Waals surface area contributed by atoms with Gasteiger partial charge in [0.1, 0.15) is 5.75 Å². The zero-order chi connectivity index (χ0) is 14.3. The summed E-state index contributed by atoms with van der Waals surface area (Å²) in [5.41, 5.74) is 0.526. The fraction of sp³-hybridized carbons (Fsp3) is 0.429. The van der Waals surface area contributed by atoms with Crippen LogP contribution in [0.25, 0.3) is 0 Å². The number of methoxy groups -OCH3 is 1. The van der Waals surface area contributed by atoms with Gasteiger partial charge in [-0.3, -0.25) is 9.59 Å². The summed E-state index contributed by atoms with van der Waals surface area (Å²) in [4.78, 5) is 23.7. The van der Waals surface area contributed by atoms with Crippen LogP contribution in [-0.2, 0) is 19.1 Å². The van der Waals surface area contributed by atoms with Crippen molar-refractivity contribution in [3.05, 3.63) is 29.8 Å². The summed E-state index contributed by atoms with van der Waals surface area (Å²) in [6, 6.07) is 6.66. The molecule has 104 valence electrons. The topological polar surface area (TPSA) is 61.8 Å². The Hall–Kier alpha value is -2.04. The average Bonchev–Trinajstić information content (AvgIpc) is 2.40. The third-order valence-electron chi connectivity index (χ3n) is 2.49. The summed E-state index contributed by atoms with van der Waals surface area (Å²) in [6.45, 7) is 3.80. The Morgan fingerprint density at radius 2 is 1.47 bits per heavy atom. The minimum Gasteiger partial charge on any atom is -0.497 e. The van der Waals surface area contributed by atoms with E-state index < -0.39 is 17.9 Å². The van der Waals surface area contributed by atoms with Crippen LogP contribution in [0.1, 0.15) is 25.3 Å². The van der Waals surface area contributed by atoms with Gasteiger partial charge in [0.05, 0.1) is 20.3 Å². The number of ether oxygens (including phenoxy) is 3. The lowest BCUT2D eigenvalue weighted by molar-refractivity contribution is -0.156. The van der Waals surface area contributed by atoms with Crippen molar-refractivity contribution in [2.45, 2.75) is 19.8 Å². The lowest BCUT2D eigenvalue weighted by Crippen LogP contribution is -2.26. The summed E-state index contributed by atoms with van der Waals surface area (Å²) in [5.74, 6) is -1.61. The molecule has 1 aromatic carbocycles. The highest BCUT2D eigenvalue weighted by Crippen LogP contribution is 2.22. The fourth-order valence-corrected chi connectivity index (χ4v) is 1.62. The van der Waals surface area contributed by atoms with Crippen LogP contribution in [0, 0.1) is 0 Å². The predicted octanol–water partition coefficient (Wildman–Crippen LogP) is 1.91. The standard InChI is InChI=1S/C14H18O5/c1-4-18-13(15)12(14(16)19-5-2)10-6-8-11(17-3)9-7-10/h6-9,12H,4-5H2,1-3H3. The SMILES string of the molecule is CCOC(=O)C(C(=O)OCC)c1ccc(OC)cc1. The lowest BCUT2D eigenvalue weighted by Gasteiger charge is -2.14. The molecule has 0 bridgehead atoms. The molecule has 0 unspecified atom stereocenters. The molecule has 0 N–H and O–H groups in total. The average molecular weight is 266 g/mol. The molecule has 1 aromatic rings. The monoisotopic (exact) mass is 266 g/mol. The van der Waals surface area contributed by atoms with Gasteiger partial charge in [-0.2, -0.15) is 0 Å². The van der Waals surface area contributed by atoms with E-state index in [4.69, 9.17) is 14.2 Å². The van der Waals surface area contributed by atoms with Crippen LogP contribution in [0.2, 0.25) is 0 Å². The van der Waals surface area contributed by atoms with Crippen molar-refractivity contribution in [3.63, 3.8) is 0 Å². The van der Waals surface area contributed by atoms with Crippen LogP contribution < -0.4 is 4.74 Å². The van der Waals surface area contributed by atoms with E-state index in [0.717, 1.165) is 0 Å². The van der Waals surface area contributed by atoms with Crippen LogP contribution >= 0.6 is 0 Å². The quantitative estimate of drug-likeness (QED) is 0.581. The molecular weight excluding hydrogens is 248 g/mol. The van der Waals surface area contributed by atoms with Crippen molar-refractivity contribution < 1.29 is 23.8 Å². The van der Waals surface area contributed by atoms with Crippen LogP contribution in [-0.4, -0.2) is 32.3 Å². The Morgan fingerprint density at radius 3 is 1.84 bits per heavy atom. The van der Waals surface area contributed by atoms with E-state index in [-0.39, 0.29) is 13.2 Å². The Kier molecular flexibility index (Phi) is 5.85. The van der Waals surface area contributed by atoms with Gasteiger partial charge in [-0.05, 0) is 31.5 Å². The van der Waals surface area contributed by atoms with E-state index in [1.807, 2.05) is 0 Å². The molecule has 0 saturated carbocycles. The van der Waals surface area contributed by atoms with E-state index >= 15 is 0 Å². The number of carbonyl (C=O) groups excluding carboxylic acids is 2. The number of benzene rings is 1. The second-order valence-electron chi connectivity index (χ2n) is 3.71. The molecule has 19 heavy (non-hydrogen) atoms. The van der Waals surface area contributed by atoms with E-state index in [9.17, 15) is 9.59 Å². The van der Waals surface area contributed by atoms with E-state index in [2.05, 4.69) is 0 Å². The maximum Gasteiger partial charge on any atom is 0.324 e. The van der Waals surface area contributed by atoms with Crippen molar-refractivity contribution in [2.75, 3.05) is 20.3 Å². The Bertz CT molecular complexity index is 406. The van der Waals surface area contributed by atoms with Gasteiger partial charge in [0.25, 0.3) is 0 Å². The lowest BCUT2D eigenvalue weighted by atomic mass is 9.99. The molecule has 0 aromatic heterocycles. The molecule has 0 spiro atoms.